The molecule has 144 valence electrons. The number of nitrogens with zero attached hydrogens (tertiary/aromatic N) is 1. The van der Waals surface area contributed by atoms with E-state index in [2.05, 4.69) is 11.0 Å². The molecule has 2 rings (SSSR count). The van der Waals surface area contributed by atoms with E-state index in [1.807, 2.05) is 0 Å². The molecule has 0 atom stereocenters. The second-order valence-electron chi connectivity index (χ2n) is 5.35. The monoisotopic (exact) mass is 398 g/mol. The molecule has 1 heterocycles. The fourth-order valence-corrected chi connectivity index (χ4v) is 3.10. The third-order valence-corrected chi connectivity index (χ3v) is 4.32. The van der Waals surface area contributed by atoms with E-state index in [0.29, 0.717) is 11.4 Å². The minimum atomic E-state index is -4.50. The molecule has 0 saturated heterocycles. The summed E-state index contributed by atoms with van der Waals surface area (Å²) >= 11 is 0.956. The highest BCUT2D eigenvalue weighted by Crippen LogP contribution is 2.12. The SMILES string of the molecule is CCn1c(=O)c(=C=CNc2cccc(N)c2)s/c1=C\C(=O)NCC(F)(F)F. The number of amides is 1. The number of alkyl halides is 3. The smallest absolute Gasteiger partial charge is 0.399 e. The number of nitrogens with one attached hydrogen (secondary N) is 2. The maximum absolute atomic E-state index is 12.3. The maximum atomic E-state index is 12.3. The Morgan fingerprint density at radius 2 is 2.15 bits per heavy atom. The van der Waals surface area contributed by atoms with E-state index < -0.39 is 18.6 Å². The first-order valence-corrected chi connectivity index (χ1v) is 8.64. The van der Waals surface area contributed by atoms with Crippen LogP contribution in [-0.2, 0) is 11.3 Å². The van der Waals surface area contributed by atoms with Gasteiger partial charge in [0.1, 0.15) is 15.7 Å². The lowest BCUT2D eigenvalue weighted by atomic mass is 10.3. The van der Waals surface area contributed by atoms with Crippen molar-refractivity contribution in [2.24, 2.45) is 0 Å². The minimum Gasteiger partial charge on any atom is -0.399 e. The summed E-state index contributed by atoms with van der Waals surface area (Å²) in [5.74, 6) is -0.927. The number of halogens is 3. The van der Waals surface area contributed by atoms with Crippen molar-refractivity contribution in [1.82, 2.24) is 9.88 Å². The summed E-state index contributed by atoms with van der Waals surface area (Å²) in [6, 6.07) is 6.95. The number of aromatic nitrogens is 1. The first kappa shape index (κ1) is 20.3. The molecule has 0 bridgehead atoms. The van der Waals surface area contributed by atoms with Gasteiger partial charge in [-0.1, -0.05) is 11.8 Å². The second kappa shape index (κ2) is 8.61. The zero-order valence-corrected chi connectivity index (χ0v) is 15.1. The van der Waals surface area contributed by atoms with Crippen molar-refractivity contribution in [3.63, 3.8) is 0 Å². The first-order valence-electron chi connectivity index (χ1n) is 7.83. The van der Waals surface area contributed by atoms with Crippen LogP contribution in [0.4, 0.5) is 24.5 Å². The third-order valence-electron chi connectivity index (χ3n) is 3.27. The van der Waals surface area contributed by atoms with Gasteiger partial charge in [0, 0.05) is 30.2 Å². The lowest BCUT2D eigenvalue weighted by Gasteiger charge is -2.05. The molecule has 0 radical (unpaired) electrons. The molecule has 0 fully saturated rings. The normalized spacial score (nSPS) is 11.8. The summed E-state index contributed by atoms with van der Waals surface area (Å²) < 4.78 is 38.2. The zero-order valence-electron chi connectivity index (χ0n) is 14.3. The number of benzene rings is 1. The van der Waals surface area contributed by atoms with Crippen LogP contribution in [0.15, 0.2) is 35.3 Å². The van der Waals surface area contributed by atoms with Crippen molar-refractivity contribution >= 4 is 40.4 Å². The molecule has 10 heteroatoms. The van der Waals surface area contributed by atoms with Crippen molar-refractivity contribution in [1.29, 1.82) is 0 Å². The lowest BCUT2D eigenvalue weighted by Crippen LogP contribution is -2.35. The number of rotatable bonds is 5. The minimum absolute atomic E-state index is 0.211. The van der Waals surface area contributed by atoms with Crippen molar-refractivity contribution in [2.45, 2.75) is 19.6 Å². The van der Waals surface area contributed by atoms with Crippen LogP contribution in [0, 0.1) is 0 Å². The average Bonchev–Trinajstić information content (AvgIpc) is 2.87. The average molecular weight is 398 g/mol. The van der Waals surface area contributed by atoms with Crippen molar-refractivity contribution in [2.75, 3.05) is 17.6 Å². The Labute approximate surface area is 156 Å². The van der Waals surface area contributed by atoms with E-state index in [1.54, 1.807) is 36.5 Å². The standard InChI is InChI=1S/C17H17F3N4O2S/c1-2-24-15(9-14(25)23-10-17(18,19)20)27-13(16(24)26)6-7-22-12-5-3-4-11(21)8-12/h3-5,7-9,22H,2,10,21H2,1H3,(H,23,25)/b15-9-. The van der Waals surface area contributed by atoms with Gasteiger partial charge in [0.15, 0.2) is 0 Å². The molecular formula is C17H17F3N4O2S. The Balaban J connectivity index is 2.32. The van der Waals surface area contributed by atoms with Gasteiger partial charge in [-0.05, 0) is 25.1 Å². The number of carbonyl (C=O) groups is 1. The fraction of sp³-hybridized carbons (Fsp3) is 0.235. The quantitative estimate of drug-likeness (QED) is 0.655. The van der Waals surface area contributed by atoms with Crippen LogP contribution >= 0.6 is 11.3 Å². The van der Waals surface area contributed by atoms with Gasteiger partial charge in [0.05, 0.1) is 0 Å². The molecule has 27 heavy (non-hydrogen) atoms. The van der Waals surface area contributed by atoms with Gasteiger partial charge >= 0.3 is 6.18 Å². The Kier molecular flexibility index (Phi) is 6.49. The summed E-state index contributed by atoms with van der Waals surface area (Å²) in [5.41, 5.74) is 9.33. The molecule has 4 N–H and O–H groups in total. The van der Waals surface area contributed by atoms with E-state index in [1.165, 1.54) is 10.8 Å². The molecule has 0 aliphatic rings. The van der Waals surface area contributed by atoms with Gasteiger partial charge in [0.25, 0.3) is 5.56 Å². The lowest BCUT2D eigenvalue weighted by molar-refractivity contribution is -0.135. The summed E-state index contributed by atoms with van der Waals surface area (Å²) in [7, 11) is 0. The molecule has 6 nitrogen and oxygen atoms in total. The Morgan fingerprint density at radius 1 is 1.41 bits per heavy atom. The van der Waals surface area contributed by atoms with Crippen molar-refractivity contribution < 1.29 is 18.0 Å². The van der Waals surface area contributed by atoms with Crippen LogP contribution in [-0.4, -0.2) is 23.2 Å². The highest BCUT2D eigenvalue weighted by Gasteiger charge is 2.27. The first-order chi connectivity index (χ1) is 12.7. The summed E-state index contributed by atoms with van der Waals surface area (Å²) in [6.45, 7) is 0.517. The maximum Gasteiger partial charge on any atom is 0.405 e. The third kappa shape index (κ3) is 6.05. The van der Waals surface area contributed by atoms with Crippen molar-refractivity contribution in [3.8, 4) is 0 Å². The van der Waals surface area contributed by atoms with Gasteiger partial charge in [-0.2, -0.15) is 13.2 Å². The second-order valence-corrected chi connectivity index (χ2v) is 6.39. The molecular weight excluding hydrogens is 381 g/mol. The number of hydrogen-bond donors (Lipinski definition) is 3. The number of thiazole rings is 1. The highest BCUT2D eigenvalue weighted by molar-refractivity contribution is 7.07. The predicted molar refractivity (Wildman–Crippen MR) is 99.5 cm³/mol. The highest BCUT2D eigenvalue weighted by atomic mass is 32.1. The zero-order chi connectivity index (χ0) is 20.0. The molecule has 0 spiro atoms. The number of carbonyl (C=O) groups excluding carboxylic acids is 1. The van der Waals surface area contributed by atoms with Crippen LogP contribution in [0.25, 0.3) is 11.8 Å². The van der Waals surface area contributed by atoms with E-state index in [-0.39, 0.29) is 21.3 Å². The summed E-state index contributed by atoms with van der Waals surface area (Å²) in [4.78, 5) is 24.0. The largest absolute Gasteiger partial charge is 0.405 e. The number of anilines is 2. The molecule has 1 aromatic carbocycles. The Hall–Kier alpha value is -2.97. The van der Waals surface area contributed by atoms with Gasteiger partial charge in [-0.3, -0.25) is 14.2 Å². The molecule has 1 aromatic heterocycles. The van der Waals surface area contributed by atoms with Crippen LogP contribution in [0.2, 0.25) is 0 Å². The summed E-state index contributed by atoms with van der Waals surface area (Å²) in [5, 5.41) is 4.65. The molecule has 0 unspecified atom stereocenters. The molecule has 0 aliphatic carbocycles. The van der Waals surface area contributed by atoms with E-state index >= 15 is 0 Å². The Morgan fingerprint density at radius 3 is 2.78 bits per heavy atom. The predicted octanol–water partition coefficient (Wildman–Crippen LogP) is 0.976. The fourth-order valence-electron chi connectivity index (χ4n) is 2.09. The van der Waals surface area contributed by atoms with Gasteiger partial charge in [-0.15, -0.1) is 11.3 Å². The number of nitrogen functional groups attached to an aromatic ring is 1. The summed E-state index contributed by atoms with van der Waals surface area (Å²) in [6.07, 6.45) is -2.11. The van der Waals surface area contributed by atoms with Gasteiger partial charge in [0.2, 0.25) is 5.91 Å². The van der Waals surface area contributed by atoms with Gasteiger partial charge in [-0.25, -0.2) is 0 Å². The van der Waals surface area contributed by atoms with Crippen molar-refractivity contribution in [3.05, 3.63) is 50.0 Å². The van der Waals surface area contributed by atoms with Crippen LogP contribution in [0.1, 0.15) is 6.92 Å². The molecule has 0 aliphatic heterocycles. The number of hydrogen-bond acceptors (Lipinski definition) is 5. The molecule has 1 amide bonds. The Bertz CT molecular complexity index is 1030. The van der Waals surface area contributed by atoms with E-state index in [4.69, 9.17) is 5.73 Å². The van der Waals surface area contributed by atoms with E-state index in [0.717, 1.165) is 17.4 Å². The molecule has 0 saturated carbocycles. The van der Waals surface area contributed by atoms with Crippen LogP contribution in [0.5, 0.6) is 0 Å². The van der Waals surface area contributed by atoms with E-state index in [9.17, 15) is 22.8 Å². The van der Waals surface area contributed by atoms with Gasteiger partial charge < -0.3 is 16.4 Å². The van der Waals surface area contributed by atoms with Crippen LogP contribution in [0.3, 0.4) is 0 Å². The number of nitrogens with two attached hydrogens (primary N) is 1. The topological polar surface area (TPSA) is 89.2 Å². The van der Waals surface area contributed by atoms with Crippen LogP contribution < -0.4 is 31.1 Å². The molecule has 2 aromatic rings.